The molecule has 0 bridgehead atoms. The largest absolute Gasteiger partial charge is 0.478 e. The Labute approximate surface area is 123 Å². The van der Waals surface area contributed by atoms with Crippen LogP contribution < -0.4 is 0 Å². The number of benzene rings is 1. The Balaban J connectivity index is 0.000000433. The molecule has 0 aliphatic rings. The molecule has 0 fully saturated rings. The zero-order chi connectivity index (χ0) is 16.1. The van der Waals surface area contributed by atoms with Gasteiger partial charge >= 0.3 is 11.9 Å². The van der Waals surface area contributed by atoms with Crippen molar-refractivity contribution in [2.45, 2.75) is 19.8 Å². The molecule has 0 atom stereocenters. The summed E-state index contributed by atoms with van der Waals surface area (Å²) in [6.45, 7) is 1.86. The molecule has 0 unspecified atom stereocenters. The quantitative estimate of drug-likeness (QED) is 0.785. The summed E-state index contributed by atoms with van der Waals surface area (Å²) in [6.07, 6.45) is 5.97. The molecular weight excluding hydrogens is 272 g/mol. The van der Waals surface area contributed by atoms with Gasteiger partial charge in [-0.2, -0.15) is 0 Å². The SMILES string of the molecule is CC=CC(=O)CCc1ccccc1.O=C(O)/C=C\C(=O)O. The first-order chi connectivity index (χ1) is 9.95. The summed E-state index contributed by atoms with van der Waals surface area (Å²) in [5, 5.41) is 15.6. The van der Waals surface area contributed by atoms with E-state index in [1.165, 1.54) is 5.56 Å². The average molecular weight is 290 g/mol. The highest BCUT2D eigenvalue weighted by atomic mass is 16.4. The van der Waals surface area contributed by atoms with Gasteiger partial charge in [0.05, 0.1) is 0 Å². The lowest BCUT2D eigenvalue weighted by Gasteiger charge is -1.97. The molecule has 2 N–H and O–H groups in total. The van der Waals surface area contributed by atoms with Gasteiger partial charge in [0.15, 0.2) is 5.78 Å². The van der Waals surface area contributed by atoms with Crippen molar-refractivity contribution >= 4 is 17.7 Å². The Morgan fingerprint density at radius 1 is 0.952 bits per heavy atom. The van der Waals surface area contributed by atoms with Crippen LogP contribution in [0.4, 0.5) is 0 Å². The predicted molar refractivity (Wildman–Crippen MR) is 79.0 cm³/mol. The van der Waals surface area contributed by atoms with E-state index in [4.69, 9.17) is 10.2 Å². The summed E-state index contributed by atoms with van der Waals surface area (Å²) in [4.78, 5) is 30.2. The molecule has 21 heavy (non-hydrogen) atoms. The summed E-state index contributed by atoms with van der Waals surface area (Å²) in [5.41, 5.74) is 1.22. The van der Waals surface area contributed by atoms with E-state index in [0.717, 1.165) is 6.42 Å². The first-order valence-electron chi connectivity index (χ1n) is 6.29. The van der Waals surface area contributed by atoms with Crippen LogP contribution in [-0.2, 0) is 20.8 Å². The van der Waals surface area contributed by atoms with Crippen LogP contribution in [0.15, 0.2) is 54.6 Å². The van der Waals surface area contributed by atoms with Crippen LogP contribution in [0.1, 0.15) is 18.9 Å². The van der Waals surface area contributed by atoms with Crippen LogP contribution in [0.2, 0.25) is 0 Å². The maximum absolute atomic E-state index is 11.1. The second-order valence-electron chi connectivity index (χ2n) is 3.96. The highest BCUT2D eigenvalue weighted by Crippen LogP contribution is 2.02. The number of carbonyl (C=O) groups is 3. The molecule has 5 heteroatoms. The third kappa shape index (κ3) is 12.1. The van der Waals surface area contributed by atoms with Crippen LogP contribution >= 0.6 is 0 Å². The maximum atomic E-state index is 11.1. The second-order valence-corrected chi connectivity index (χ2v) is 3.96. The van der Waals surface area contributed by atoms with Crippen molar-refractivity contribution in [1.29, 1.82) is 0 Å². The standard InChI is InChI=1S/C12H14O.C4H4O4/c1-2-6-12(13)10-9-11-7-4-3-5-8-11;5-3(6)1-2-4(7)8/h2-8H,9-10H2,1H3;1-2H,(H,5,6)(H,7,8)/b;2-1-. The Morgan fingerprint density at radius 3 is 1.90 bits per heavy atom. The van der Waals surface area contributed by atoms with E-state index in [1.54, 1.807) is 12.2 Å². The number of hydrogen-bond donors (Lipinski definition) is 2. The Morgan fingerprint density at radius 2 is 1.48 bits per heavy atom. The van der Waals surface area contributed by atoms with E-state index in [9.17, 15) is 14.4 Å². The molecule has 1 rings (SSSR count). The molecule has 0 radical (unpaired) electrons. The number of carbonyl (C=O) groups excluding carboxylic acids is 1. The summed E-state index contributed by atoms with van der Waals surface area (Å²) in [5.74, 6) is -2.31. The topological polar surface area (TPSA) is 91.7 Å². The van der Waals surface area contributed by atoms with Crippen molar-refractivity contribution in [3.63, 3.8) is 0 Å². The number of carboxylic acid groups (broad SMARTS) is 2. The van der Waals surface area contributed by atoms with Crippen LogP contribution in [0.5, 0.6) is 0 Å². The fourth-order valence-electron chi connectivity index (χ4n) is 1.32. The number of carboxylic acids is 2. The lowest BCUT2D eigenvalue weighted by atomic mass is 10.1. The van der Waals surface area contributed by atoms with Gasteiger partial charge in [-0.3, -0.25) is 4.79 Å². The van der Waals surface area contributed by atoms with Crippen LogP contribution in [-0.4, -0.2) is 27.9 Å². The molecule has 0 aromatic heterocycles. The molecule has 0 heterocycles. The first kappa shape index (κ1) is 18.3. The van der Waals surface area contributed by atoms with Gasteiger partial charge in [-0.1, -0.05) is 36.4 Å². The molecule has 0 aliphatic heterocycles. The number of ketones is 1. The monoisotopic (exact) mass is 290 g/mol. The molecule has 0 saturated heterocycles. The number of aliphatic carboxylic acids is 2. The van der Waals surface area contributed by atoms with Crippen LogP contribution in [0.25, 0.3) is 0 Å². The van der Waals surface area contributed by atoms with Gasteiger partial charge < -0.3 is 10.2 Å². The van der Waals surface area contributed by atoms with Gasteiger partial charge in [-0.15, -0.1) is 0 Å². The molecule has 0 amide bonds. The summed E-state index contributed by atoms with van der Waals surface area (Å²) < 4.78 is 0. The van der Waals surface area contributed by atoms with Crippen LogP contribution in [0, 0.1) is 0 Å². The van der Waals surface area contributed by atoms with Gasteiger partial charge in [0, 0.05) is 18.6 Å². The van der Waals surface area contributed by atoms with Crippen molar-refractivity contribution in [2.75, 3.05) is 0 Å². The van der Waals surface area contributed by atoms with E-state index in [2.05, 4.69) is 0 Å². The van der Waals surface area contributed by atoms with E-state index in [1.807, 2.05) is 37.3 Å². The lowest BCUT2D eigenvalue weighted by molar-refractivity contribution is -0.134. The van der Waals surface area contributed by atoms with Crippen molar-refractivity contribution in [3.8, 4) is 0 Å². The van der Waals surface area contributed by atoms with Crippen molar-refractivity contribution in [2.24, 2.45) is 0 Å². The Kier molecular flexibility index (Phi) is 9.73. The molecule has 112 valence electrons. The molecule has 0 aliphatic carbocycles. The minimum absolute atomic E-state index is 0.200. The first-order valence-corrected chi connectivity index (χ1v) is 6.29. The zero-order valence-electron chi connectivity index (χ0n) is 11.7. The van der Waals surface area contributed by atoms with Gasteiger partial charge in [0.1, 0.15) is 0 Å². The van der Waals surface area contributed by atoms with Crippen LogP contribution in [0.3, 0.4) is 0 Å². The fourth-order valence-corrected chi connectivity index (χ4v) is 1.32. The van der Waals surface area contributed by atoms with Crippen molar-refractivity contribution < 1.29 is 24.6 Å². The second kappa shape index (κ2) is 11.2. The summed E-state index contributed by atoms with van der Waals surface area (Å²) >= 11 is 0. The summed E-state index contributed by atoms with van der Waals surface area (Å²) in [6, 6.07) is 10.1. The Bertz CT molecular complexity index is 499. The van der Waals surface area contributed by atoms with E-state index in [0.29, 0.717) is 18.6 Å². The molecule has 5 nitrogen and oxygen atoms in total. The van der Waals surface area contributed by atoms with Gasteiger partial charge in [0.2, 0.25) is 0 Å². The highest BCUT2D eigenvalue weighted by molar-refractivity contribution is 5.90. The molecule has 1 aromatic rings. The predicted octanol–water partition coefficient (Wildman–Crippen LogP) is 2.48. The zero-order valence-corrected chi connectivity index (χ0v) is 11.7. The highest BCUT2D eigenvalue weighted by Gasteiger charge is 1.96. The molecular formula is C16H18O5. The lowest BCUT2D eigenvalue weighted by Crippen LogP contribution is -1.95. The van der Waals surface area contributed by atoms with E-state index < -0.39 is 11.9 Å². The third-order valence-electron chi connectivity index (χ3n) is 2.22. The summed E-state index contributed by atoms with van der Waals surface area (Å²) in [7, 11) is 0. The third-order valence-corrected chi connectivity index (χ3v) is 2.22. The number of hydrogen-bond acceptors (Lipinski definition) is 3. The number of rotatable bonds is 6. The van der Waals surface area contributed by atoms with Gasteiger partial charge in [0.25, 0.3) is 0 Å². The molecule has 0 saturated carbocycles. The van der Waals surface area contributed by atoms with Gasteiger partial charge in [-0.25, -0.2) is 9.59 Å². The smallest absolute Gasteiger partial charge is 0.328 e. The Hall–Kier alpha value is -2.69. The number of allylic oxidation sites excluding steroid dienone is 2. The normalized spacial score (nSPS) is 10.1. The van der Waals surface area contributed by atoms with Crippen molar-refractivity contribution in [1.82, 2.24) is 0 Å². The minimum Gasteiger partial charge on any atom is -0.478 e. The number of aryl methyl sites for hydroxylation is 1. The molecule has 0 spiro atoms. The fraction of sp³-hybridized carbons (Fsp3) is 0.188. The van der Waals surface area contributed by atoms with E-state index >= 15 is 0 Å². The van der Waals surface area contributed by atoms with Gasteiger partial charge in [-0.05, 0) is 25.0 Å². The van der Waals surface area contributed by atoms with E-state index in [-0.39, 0.29) is 5.78 Å². The average Bonchev–Trinajstić information content (AvgIpc) is 2.45. The molecule has 1 aromatic carbocycles. The minimum atomic E-state index is -1.26. The van der Waals surface area contributed by atoms with Crippen molar-refractivity contribution in [3.05, 3.63) is 60.2 Å². The maximum Gasteiger partial charge on any atom is 0.328 e.